The summed E-state index contributed by atoms with van der Waals surface area (Å²) < 4.78 is 5.35. The highest BCUT2D eigenvalue weighted by Crippen LogP contribution is 2.26. The van der Waals surface area contributed by atoms with Gasteiger partial charge >= 0.3 is 0 Å². The molecule has 0 atom stereocenters. The van der Waals surface area contributed by atoms with Crippen LogP contribution in [-0.2, 0) is 0 Å². The summed E-state index contributed by atoms with van der Waals surface area (Å²) in [6.45, 7) is 6.02. The first kappa shape index (κ1) is 19.4. The Morgan fingerprint density at radius 1 is 1.04 bits per heavy atom. The number of carbonyl (C=O) groups excluding carboxylic acids is 1. The van der Waals surface area contributed by atoms with Crippen molar-refractivity contribution in [2.75, 3.05) is 17.7 Å². The highest BCUT2D eigenvalue weighted by molar-refractivity contribution is 6.03. The van der Waals surface area contributed by atoms with Crippen LogP contribution in [0.15, 0.2) is 54.6 Å². The molecule has 0 aliphatic heterocycles. The Morgan fingerprint density at radius 3 is 2.43 bits per heavy atom. The van der Waals surface area contributed by atoms with Crippen LogP contribution in [-0.4, -0.2) is 23.0 Å². The van der Waals surface area contributed by atoms with Gasteiger partial charge in [-0.3, -0.25) is 4.79 Å². The van der Waals surface area contributed by atoms with Crippen molar-refractivity contribution in [2.24, 2.45) is 0 Å². The number of para-hydroxylation sites is 2. The van der Waals surface area contributed by atoms with Crippen LogP contribution in [0, 0.1) is 6.92 Å². The zero-order valence-electron chi connectivity index (χ0n) is 16.5. The number of anilines is 3. The number of benzene rings is 2. The molecule has 0 unspecified atom stereocenters. The summed E-state index contributed by atoms with van der Waals surface area (Å²) in [6.07, 6.45) is 0. The van der Waals surface area contributed by atoms with Gasteiger partial charge < -0.3 is 15.4 Å². The fourth-order valence-electron chi connectivity index (χ4n) is 2.78. The summed E-state index contributed by atoms with van der Waals surface area (Å²) in [6, 6.07) is 17.0. The van der Waals surface area contributed by atoms with Gasteiger partial charge in [-0.1, -0.05) is 38.1 Å². The van der Waals surface area contributed by atoms with Gasteiger partial charge in [-0.25, -0.2) is 9.97 Å². The molecule has 1 heterocycles. The molecule has 6 heteroatoms. The van der Waals surface area contributed by atoms with Crippen LogP contribution in [0.3, 0.4) is 0 Å². The van der Waals surface area contributed by atoms with Crippen molar-refractivity contribution in [1.82, 2.24) is 9.97 Å². The molecule has 3 rings (SSSR count). The van der Waals surface area contributed by atoms with Crippen molar-refractivity contribution in [2.45, 2.75) is 26.7 Å². The molecule has 3 aromatic rings. The second kappa shape index (κ2) is 8.52. The standard InChI is InChI=1S/C22H24N4O2/c1-14(2)16-9-11-17(12-10-16)25-22(27)19-13-21(24-15(3)23-19)26-18-7-5-6-8-20(18)28-4/h5-14H,1-4H3,(H,25,27)(H,23,24,26). The Morgan fingerprint density at radius 2 is 1.75 bits per heavy atom. The number of ether oxygens (including phenoxy) is 1. The Bertz CT molecular complexity index is 969. The average molecular weight is 376 g/mol. The number of aromatic nitrogens is 2. The molecule has 0 saturated carbocycles. The van der Waals surface area contributed by atoms with Crippen molar-refractivity contribution >= 4 is 23.1 Å². The van der Waals surface area contributed by atoms with Gasteiger partial charge in [0.1, 0.15) is 23.1 Å². The normalized spacial score (nSPS) is 10.6. The van der Waals surface area contributed by atoms with E-state index in [0.29, 0.717) is 23.3 Å². The molecule has 6 nitrogen and oxygen atoms in total. The fourth-order valence-corrected chi connectivity index (χ4v) is 2.78. The molecule has 0 fully saturated rings. The van der Waals surface area contributed by atoms with Crippen LogP contribution in [0.25, 0.3) is 0 Å². The van der Waals surface area contributed by atoms with E-state index < -0.39 is 0 Å². The van der Waals surface area contributed by atoms with E-state index in [0.717, 1.165) is 11.4 Å². The number of hydrogen-bond donors (Lipinski definition) is 2. The lowest BCUT2D eigenvalue weighted by Crippen LogP contribution is -2.15. The van der Waals surface area contributed by atoms with E-state index >= 15 is 0 Å². The monoisotopic (exact) mass is 376 g/mol. The summed E-state index contributed by atoms with van der Waals surface area (Å²) in [5.74, 6) is 1.87. The molecule has 0 aliphatic rings. The number of methoxy groups -OCH3 is 1. The van der Waals surface area contributed by atoms with E-state index in [2.05, 4.69) is 34.4 Å². The maximum Gasteiger partial charge on any atom is 0.274 e. The Kier molecular flexibility index (Phi) is 5.89. The number of nitrogens with zero attached hydrogens (tertiary/aromatic N) is 2. The second-order valence-electron chi connectivity index (χ2n) is 6.74. The first-order valence-corrected chi connectivity index (χ1v) is 9.13. The van der Waals surface area contributed by atoms with Gasteiger partial charge in [-0.05, 0) is 42.7 Å². The quantitative estimate of drug-likeness (QED) is 0.639. The van der Waals surface area contributed by atoms with E-state index in [1.165, 1.54) is 5.56 Å². The highest BCUT2D eigenvalue weighted by Gasteiger charge is 2.12. The minimum Gasteiger partial charge on any atom is -0.495 e. The molecule has 2 aromatic carbocycles. The van der Waals surface area contributed by atoms with Crippen molar-refractivity contribution in [3.05, 3.63) is 71.7 Å². The maximum absolute atomic E-state index is 12.7. The SMILES string of the molecule is COc1ccccc1Nc1cc(C(=O)Nc2ccc(C(C)C)cc2)nc(C)n1. The predicted octanol–water partition coefficient (Wildman–Crippen LogP) is 4.91. The van der Waals surface area contributed by atoms with Gasteiger partial charge in [0.15, 0.2) is 0 Å². The minimum absolute atomic E-state index is 0.286. The molecule has 144 valence electrons. The third-order valence-corrected chi connectivity index (χ3v) is 4.28. The molecular formula is C22H24N4O2. The van der Waals surface area contributed by atoms with E-state index in [4.69, 9.17) is 4.74 Å². The molecule has 1 aromatic heterocycles. The number of carbonyl (C=O) groups is 1. The van der Waals surface area contributed by atoms with Crippen LogP contribution < -0.4 is 15.4 Å². The lowest BCUT2D eigenvalue weighted by Gasteiger charge is -2.12. The average Bonchev–Trinajstić information content (AvgIpc) is 2.68. The predicted molar refractivity (Wildman–Crippen MR) is 112 cm³/mol. The third-order valence-electron chi connectivity index (χ3n) is 4.28. The lowest BCUT2D eigenvalue weighted by atomic mass is 10.0. The van der Waals surface area contributed by atoms with E-state index in [1.54, 1.807) is 20.1 Å². The minimum atomic E-state index is -0.286. The van der Waals surface area contributed by atoms with E-state index in [9.17, 15) is 4.79 Å². The molecule has 0 aliphatic carbocycles. The summed E-state index contributed by atoms with van der Waals surface area (Å²) >= 11 is 0. The van der Waals surface area contributed by atoms with Crippen LogP contribution in [0.5, 0.6) is 5.75 Å². The fraction of sp³-hybridized carbons (Fsp3) is 0.227. The van der Waals surface area contributed by atoms with Gasteiger partial charge in [0, 0.05) is 11.8 Å². The summed E-state index contributed by atoms with van der Waals surface area (Å²) in [5, 5.41) is 6.07. The summed E-state index contributed by atoms with van der Waals surface area (Å²) in [4.78, 5) is 21.3. The first-order chi connectivity index (χ1) is 13.5. The number of hydrogen-bond acceptors (Lipinski definition) is 5. The number of amides is 1. The lowest BCUT2D eigenvalue weighted by molar-refractivity contribution is 0.102. The van der Waals surface area contributed by atoms with E-state index in [-0.39, 0.29) is 11.6 Å². The molecular weight excluding hydrogens is 352 g/mol. The molecule has 0 bridgehead atoms. The van der Waals surface area contributed by atoms with Gasteiger partial charge in [-0.2, -0.15) is 0 Å². The summed E-state index contributed by atoms with van der Waals surface area (Å²) in [5.41, 5.74) is 3.00. The largest absolute Gasteiger partial charge is 0.495 e. The van der Waals surface area contributed by atoms with Crippen molar-refractivity contribution < 1.29 is 9.53 Å². The smallest absolute Gasteiger partial charge is 0.274 e. The molecule has 0 radical (unpaired) electrons. The maximum atomic E-state index is 12.7. The highest BCUT2D eigenvalue weighted by atomic mass is 16.5. The Balaban J connectivity index is 1.79. The molecule has 0 saturated heterocycles. The van der Waals surface area contributed by atoms with E-state index in [1.807, 2.05) is 48.5 Å². The molecule has 2 N–H and O–H groups in total. The third kappa shape index (κ3) is 4.65. The zero-order valence-corrected chi connectivity index (χ0v) is 16.5. The van der Waals surface area contributed by atoms with Crippen molar-refractivity contribution in [3.8, 4) is 5.75 Å². The van der Waals surface area contributed by atoms with Gasteiger partial charge in [0.2, 0.25) is 0 Å². The van der Waals surface area contributed by atoms with Gasteiger partial charge in [0.25, 0.3) is 5.91 Å². The molecule has 28 heavy (non-hydrogen) atoms. The molecule has 1 amide bonds. The first-order valence-electron chi connectivity index (χ1n) is 9.13. The number of rotatable bonds is 6. The van der Waals surface area contributed by atoms with Crippen LogP contribution in [0.2, 0.25) is 0 Å². The van der Waals surface area contributed by atoms with Gasteiger partial charge in [0.05, 0.1) is 12.8 Å². The van der Waals surface area contributed by atoms with Crippen molar-refractivity contribution in [1.29, 1.82) is 0 Å². The summed E-state index contributed by atoms with van der Waals surface area (Å²) in [7, 11) is 1.61. The zero-order chi connectivity index (χ0) is 20.1. The number of nitrogens with one attached hydrogen (secondary N) is 2. The Hall–Kier alpha value is -3.41. The second-order valence-corrected chi connectivity index (χ2v) is 6.74. The van der Waals surface area contributed by atoms with Crippen LogP contribution in [0.4, 0.5) is 17.2 Å². The van der Waals surface area contributed by atoms with Crippen LogP contribution >= 0.6 is 0 Å². The Labute approximate surface area is 165 Å². The number of aryl methyl sites for hydroxylation is 1. The topological polar surface area (TPSA) is 76.1 Å². The van der Waals surface area contributed by atoms with Gasteiger partial charge in [-0.15, -0.1) is 0 Å². The van der Waals surface area contributed by atoms with Crippen LogP contribution in [0.1, 0.15) is 41.6 Å². The molecule has 0 spiro atoms. The van der Waals surface area contributed by atoms with Crippen molar-refractivity contribution in [3.63, 3.8) is 0 Å².